The normalized spacial score (nSPS) is 23.5. The van der Waals surface area contributed by atoms with Gasteiger partial charge in [0.15, 0.2) is 0 Å². The summed E-state index contributed by atoms with van der Waals surface area (Å²) in [5, 5.41) is 4.51. The van der Waals surface area contributed by atoms with Gasteiger partial charge in [-0.3, -0.25) is 14.4 Å². The molecule has 2 saturated heterocycles. The number of rotatable bonds is 6. The van der Waals surface area contributed by atoms with E-state index in [0.29, 0.717) is 24.3 Å². The third-order valence-electron chi connectivity index (χ3n) is 5.92. The van der Waals surface area contributed by atoms with Crippen molar-refractivity contribution in [1.29, 1.82) is 0 Å². The Labute approximate surface area is 181 Å². The SMILES string of the molecule is CCCN1CC(C(=O)Nc2ccc(C(N)=O)cc2)C2NN(c3ccccc3)C(=O)C2C1. The fourth-order valence-corrected chi connectivity index (χ4v) is 4.41. The van der Waals surface area contributed by atoms with E-state index in [1.165, 1.54) is 0 Å². The van der Waals surface area contributed by atoms with Crippen LogP contribution in [0.5, 0.6) is 0 Å². The van der Waals surface area contributed by atoms with Gasteiger partial charge in [-0.1, -0.05) is 25.1 Å². The van der Waals surface area contributed by atoms with Gasteiger partial charge in [-0.2, -0.15) is 0 Å². The van der Waals surface area contributed by atoms with E-state index in [2.05, 4.69) is 22.6 Å². The highest BCUT2D eigenvalue weighted by atomic mass is 16.2. The lowest BCUT2D eigenvalue weighted by Gasteiger charge is -2.38. The number of nitrogens with one attached hydrogen (secondary N) is 2. The Hall–Kier alpha value is -3.23. The number of primary amides is 1. The second kappa shape index (κ2) is 8.87. The molecule has 2 aliphatic rings. The molecule has 0 bridgehead atoms. The molecule has 0 radical (unpaired) electrons. The van der Waals surface area contributed by atoms with Crippen molar-refractivity contribution in [1.82, 2.24) is 10.3 Å². The Morgan fingerprint density at radius 2 is 1.81 bits per heavy atom. The van der Waals surface area contributed by atoms with Crippen molar-refractivity contribution in [2.24, 2.45) is 17.6 Å². The van der Waals surface area contributed by atoms with Crippen molar-refractivity contribution < 1.29 is 14.4 Å². The van der Waals surface area contributed by atoms with Crippen LogP contribution in [0.15, 0.2) is 54.6 Å². The van der Waals surface area contributed by atoms with Crippen LogP contribution >= 0.6 is 0 Å². The number of hydrazine groups is 1. The predicted molar refractivity (Wildman–Crippen MR) is 118 cm³/mol. The van der Waals surface area contributed by atoms with Gasteiger partial charge in [0.2, 0.25) is 17.7 Å². The van der Waals surface area contributed by atoms with E-state index in [1.807, 2.05) is 30.3 Å². The van der Waals surface area contributed by atoms with Gasteiger partial charge < -0.3 is 16.0 Å². The molecule has 3 amide bonds. The molecule has 2 aromatic carbocycles. The Balaban J connectivity index is 1.55. The molecule has 2 heterocycles. The number of nitrogens with zero attached hydrogens (tertiary/aromatic N) is 2. The molecular weight excluding hydrogens is 394 g/mol. The predicted octanol–water partition coefficient (Wildman–Crippen LogP) is 1.60. The summed E-state index contributed by atoms with van der Waals surface area (Å²) < 4.78 is 0. The smallest absolute Gasteiger partial charge is 0.248 e. The maximum absolute atomic E-state index is 13.2. The number of amides is 3. The zero-order valence-electron chi connectivity index (χ0n) is 17.5. The third kappa shape index (κ3) is 4.30. The van der Waals surface area contributed by atoms with E-state index in [1.54, 1.807) is 29.3 Å². The molecule has 162 valence electrons. The number of carbonyl (C=O) groups excluding carboxylic acids is 3. The Kier molecular flexibility index (Phi) is 6.01. The minimum Gasteiger partial charge on any atom is -0.366 e. The number of piperidine rings is 1. The van der Waals surface area contributed by atoms with Gasteiger partial charge >= 0.3 is 0 Å². The Morgan fingerprint density at radius 1 is 1.10 bits per heavy atom. The molecule has 4 N–H and O–H groups in total. The number of benzene rings is 2. The molecule has 2 fully saturated rings. The molecule has 2 aliphatic heterocycles. The van der Waals surface area contributed by atoms with Gasteiger partial charge in [-0.15, -0.1) is 0 Å². The fraction of sp³-hybridized carbons (Fsp3) is 0.348. The molecular formula is C23H27N5O3. The topological polar surface area (TPSA) is 108 Å². The van der Waals surface area contributed by atoms with Crippen LogP contribution in [0.25, 0.3) is 0 Å². The van der Waals surface area contributed by atoms with Crippen LogP contribution < -0.4 is 21.5 Å². The number of hydrogen-bond donors (Lipinski definition) is 3. The molecule has 3 unspecified atom stereocenters. The van der Waals surface area contributed by atoms with Crippen LogP contribution in [-0.4, -0.2) is 48.3 Å². The number of para-hydroxylation sites is 1. The molecule has 0 spiro atoms. The Morgan fingerprint density at radius 3 is 2.45 bits per heavy atom. The lowest BCUT2D eigenvalue weighted by molar-refractivity contribution is -0.126. The van der Waals surface area contributed by atoms with E-state index in [4.69, 9.17) is 5.73 Å². The number of carbonyl (C=O) groups is 3. The summed E-state index contributed by atoms with van der Waals surface area (Å²) in [6, 6.07) is 15.6. The molecule has 0 saturated carbocycles. The zero-order chi connectivity index (χ0) is 22.0. The molecule has 31 heavy (non-hydrogen) atoms. The number of hydrogen-bond acceptors (Lipinski definition) is 5. The van der Waals surface area contributed by atoms with E-state index in [-0.39, 0.29) is 23.8 Å². The third-order valence-corrected chi connectivity index (χ3v) is 5.92. The summed E-state index contributed by atoms with van der Waals surface area (Å²) in [7, 11) is 0. The number of likely N-dealkylation sites (tertiary alicyclic amines) is 1. The van der Waals surface area contributed by atoms with Crippen molar-refractivity contribution in [3.63, 3.8) is 0 Å². The van der Waals surface area contributed by atoms with Crippen molar-refractivity contribution in [2.75, 3.05) is 30.0 Å². The van der Waals surface area contributed by atoms with Crippen LogP contribution in [0.3, 0.4) is 0 Å². The number of nitrogens with two attached hydrogens (primary N) is 1. The minimum absolute atomic E-state index is 0.0133. The quantitative estimate of drug-likeness (QED) is 0.657. The molecule has 8 nitrogen and oxygen atoms in total. The summed E-state index contributed by atoms with van der Waals surface area (Å²) >= 11 is 0. The largest absolute Gasteiger partial charge is 0.366 e. The second-order valence-corrected chi connectivity index (χ2v) is 8.07. The maximum Gasteiger partial charge on any atom is 0.248 e. The van der Waals surface area contributed by atoms with E-state index >= 15 is 0 Å². The average molecular weight is 422 g/mol. The first-order valence-electron chi connectivity index (χ1n) is 10.6. The number of fused-ring (bicyclic) bond motifs is 1. The van der Waals surface area contributed by atoms with Gasteiger partial charge in [0.1, 0.15) is 0 Å². The summed E-state index contributed by atoms with van der Waals surface area (Å²) in [4.78, 5) is 39.9. The molecule has 2 aromatic rings. The Bertz CT molecular complexity index is 963. The van der Waals surface area contributed by atoms with Gasteiger partial charge in [0.25, 0.3) is 0 Å². The first-order chi connectivity index (χ1) is 15.0. The van der Waals surface area contributed by atoms with Crippen molar-refractivity contribution in [3.05, 3.63) is 60.2 Å². The minimum atomic E-state index is -0.516. The van der Waals surface area contributed by atoms with E-state index in [9.17, 15) is 14.4 Å². The average Bonchev–Trinajstić information content (AvgIpc) is 3.11. The van der Waals surface area contributed by atoms with E-state index < -0.39 is 11.8 Å². The zero-order valence-corrected chi connectivity index (χ0v) is 17.5. The summed E-state index contributed by atoms with van der Waals surface area (Å²) in [5.41, 5.74) is 10.3. The van der Waals surface area contributed by atoms with Crippen molar-refractivity contribution >= 4 is 29.1 Å². The van der Waals surface area contributed by atoms with Crippen LogP contribution in [0.4, 0.5) is 11.4 Å². The maximum atomic E-state index is 13.2. The molecule has 0 aliphatic carbocycles. The van der Waals surface area contributed by atoms with Gasteiger partial charge in [-0.05, 0) is 49.4 Å². The summed E-state index contributed by atoms with van der Waals surface area (Å²) in [6.07, 6.45) is 0.949. The first-order valence-corrected chi connectivity index (χ1v) is 10.6. The standard InChI is InChI=1S/C23H27N5O3/c1-2-12-27-13-18(22(30)25-16-10-8-15(9-11-16)21(24)29)20-19(14-27)23(31)28(26-20)17-6-4-3-5-7-17/h3-11,18-20,26H,2,12-14H2,1H3,(H2,24,29)(H,25,30). The van der Waals surface area contributed by atoms with Crippen LogP contribution in [0.1, 0.15) is 23.7 Å². The highest BCUT2D eigenvalue weighted by Crippen LogP contribution is 2.32. The first kappa shape index (κ1) is 21.0. The lowest BCUT2D eigenvalue weighted by atomic mass is 9.84. The molecule has 0 aromatic heterocycles. The van der Waals surface area contributed by atoms with Gasteiger partial charge in [0, 0.05) is 24.3 Å². The highest BCUT2D eigenvalue weighted by Gasteiger charge is 2.50. The monoisotopic (exact) mass is 421 g/mol. The highest BCUT2D eigenvalue weighted by molar-refractivity contribution is 6.00. The van der Waals surface area contributed by atoms with Crippen LogP contribution in [0.2, 0.25) is 0 Å². The summed E-state index contributed by atoms with van der Waals surface area (Å²) in [6.45, 7) is 4.12. The fourth-order valence-electron chi connectivity index (χ4n) is 4.41. The van der Waals surface area contributed by atoms with Crippen molar-refractivity contribution in [2.45, 2.75) is 19.4 Å². The van der Waals surface area contributed by atoms with E-state index in [0.717, 1.165) is 18.7 Å². The number of anilines is 2. The van der Waals surface area contributed by atoms with Crippen LogP contribution in [-0.2, 0) is 9.59 Å². The lowest BCUT2D eigenvalue weighted by Crippen LogP contribution is -2.56. The van der Waals surface area contributed by atoms with Gasteiger partial charge in [-0.25, -0.2) is 10.4 Å². The second-order valence-electron chi connectivity index (χ2n) is 8.07. The van der Waals surface area contributed by atoms with Crippen molar-refractivity contribution in [3.8, 4) is 0 Å². The summed E-state index contributed by atoms with van der Waals surface area (Å²) in [5.74, 6) is -1.39. The molecule has 3 atom stereocenters. The van der Waals surface area contributed by atoms with Crippen LogP contribution in [0, 0.1) is 11.8 Å². The van der Waals surface area contributed by atoms with Gasteiger partial charge in [0.05, 0.1) is 23.6 Å². The molecule has 8 heteroatoms. The molecule has 4 rings (SSSR count).